The number of hydrogen-bond acceptors (Lipinski definition) is 4. The lowest BCUT2D eigenvalue weighted by atomic mass is 9.88. The maximum atomic E-state index is 6.43. The van der Waals surface area contributed by atoms with E-state index in [0.717, 1.165) is 38.6 Å². The van der Waals surface area contributed by atoms with Gasteiger partial charge in [-0.25, -0.2) is 0 Å². The van der Waals surface area contributed by atoms with Crippen LogP contribution in [0, 0.1) is 5.41 Å². The SMILES string of the molecule is CN(Cc1ccc(O[C@@]23CCCN(CC2)C3)cc1)CC1(C)COC1. The minimum Gasteiger partial charge on any atom is -0.486 e. The third-order valence-electron chi connectivity index (χ3n) is 5.77. The molecule has 0 amide bonds. The van der Waals surface area contributed by atoms with Gasteiger partial charge in [0.15, 0.2) is 0 Å². The van der Waals surface area contributed by atoms with E-state index in [1.165, 1.54) is 37.9 Å². The maximum absolute atomic E-state index is 6.43. The van der Waals surface area contributed by atoms with Gasteiger partial charge in [0.2, 0.25) is 0 Å². The fourth-order valence-corrected chi connectivity index (χ4v) is 4.56. The lowest BCUT2D eigenvalue weighted by Crippen LogP contribution is -2.47. The fraction of sp³-hybridized carbons (Fsp3) is 0.700. The minimum absolute atomic E-state index is 0.0787. The summed E-state index contributed by atoms with van der Waals surface area (Å²) in [6.45, 7) is 9.72. The van der Waals surface area contributed by atoms with Gasteiger partial charge in [-0.05, 0) is 44.1 Å². The van der Waals surface area contributed by atoms with Crippen molar-refractivity contribution in [3.8, 4) is 5.75 Å². The van der Waals surface area contributed by atoms with E-state index < -0.39 is 0 Å². The molecule has 0 saturated carbocycles. The van der Waals surface area contributed by atoms with Crippen LogP contribution in [0.25, 0.3) is 0 Å². The molecule has 3 aliphatic rings. The molecule has 0 aliphatic carbocycles. The topological polar surface area (TPSA) is 24.9 Å². The predicted molar refractivity (Wildman–Crippen MR) is 95.4 cm³/mol. The van der Waals surface area contributed by atoms with E-state index in [1.807, 2.05) is 0 Å². The second-order valence-corrected chi connectivity index (χ2v) is 8.53. The maximum Gasteiger partial charge on any atom is 0.123 e. The van der Waals surface area contributed by atoms with E-state index in [1.54, 1.807) is 0 Å². The third kappa shape index (κ3) is 3.46. The molecule has 0 radical (unpaired) electrons. The molecule has 3 saturated heterocycles. The minimum atomic E-state index is 0.0787. The van der Waals surface area contributed by atoms with Gasteiger partial charge in [0.1, 0.15) is 11.4 Å². The summed E-state index contributed by atoms with van der Waals surface area (Å²) in [5.74, 6) is 1.03. The first-order chi connectivity index (χ1) is 11.5. The van der Waals surface area contributed by atoms with Crippen LogP contribution in [0.1, 0.15) is 31.7 Å². The van der Waals surface area contributed by atoms with Crippen molar-refractivity contribution in [2.24, 2.45) is 5.41 Å². The van der Waals surface area contributed by atoms with Crippen LogP contribution in [-0.4, -0.2) is 61.8 Å². The van der Waals surface area contributed by atoms with Crippen molar-refractivity contribution in [2.75, 3.05) is 46.4 Å². The molecule has 1 unspecified atom stereocenters. The van der Waals surface area contributed by atoms with Gasteiger partial charge in [0.05, 0.1) is 13.2 Å². The number of ether oxygens (including phenoxy) is 2. The summed E-state index contributed by atoms with van der Waals surface area (Å²) >= 11 is 0. The van der Waals surface area contributed by atoms with Crippen LogP contribution in [0.2, 0.25) is 0 Å². The van der Waals surface area contributed by atoms with E-state index in [0.29, 0.717) is 5.41 Å². The van der Waals surface area contributed by atoms with Crippen LogP contribution in [0.4, 0.5) is 0 Å². The Morgan fingerprint density at radius 1 is 1.17 bits per heavy atom. The van der Waals surface area contributed by atoms with Crippen LogP contribution in [0.15, 0.2) is 24.3 Å². The quantitative estimate of drug-likeness (QED) is 0.801. The molecule has 132 valence electrons. The molecule has 3 heterocycles. The molecular weight excluding hydrogens is 300 g/mol. The highest BCUT2D eigenvalue weighted by Crippen LogP contribution is 2.35. The lowest BCUT2D eigenvalue weighted by Gasteiger charge is -2.40. The van der Waals surface area contributed by atoms with Crippen LogP contribution >= 0.6 is 0 Å². The highest BCUT2D eigenvalue weighted by molar-refractivity contribution is 5.28. The van der Waals surface area contributed by atoms with Crippen molar-refractivity contribution >= 4 is 0 Å². The summed E-state index contributed by atoms with van der Waals surface area (Å²) in [6, 6.07) is 8.75. The fourth-order valence-electron chi connectivity index (χ4n) is 4.56. The van der Waals surface area contributed by atoms with Gasteiger partial charge in [-0.1, -0.05) is 19.1 Å². The zero-order chi connectivity index (χ0) is 16.6. The first kappa shape index (κ1) is 16.4. The molecule has 1 aromatic rings. The van der Waals surface area contributed by atoms with E-state index in [9.17, 15) is 0 Å². The normalized spacial score (nSPS) is 31.0. The molecule has 3 fully saturated rings. The summed E-state index contributed by atoms with van der Waals surface area (Å²) in [5.41, 5.74) is 1.77. The van der Waals surface area contributed by atoms with Crippen LogP contribution in [-0.2, 0) is 11.3 Å². The zero-order valence-corrected chi connectivity index (χ0v) is 15.1. The van der Waals surface area contributed by atoms with Crippen LogP contribution in [0.5, 0.6) is 5.75 Å². The van der Waals surface area contributed by atoms with E-state index in [4.69, 9.17) is 9.47 Å². The van der Waals surface area contributed by atoms with Crippen molar-refractivity contribution in [3.05, 3.63) is 29.8 Å². The van der Waals surface area contributed by atoms with E-state index >= 15 is 0 Å². The number of nitrogens with zero attached hydrogens (tertiary/aromatic N) is 2. The highest BCUT2D eigenvalue weighted by Gasteiger charge is 2.42. The Morgan fingerprint density at radius 3 is 2.67 bits per heavy atom. The van der Waals surface area contributed by atoms with Gasteiger partial charge in [0, 0.05) is 38.0 Å². The molecule has 0 spiro atoms. The van der Waals surface area contributed by atoms with E-state index in [2.05, 4.69) is 48.0 Å². The molecule has 2 atom stereocenters. The third-order valence-corrected chi connectivity index (χ3v) is 5.77. The van der Waals surface area contributed by atoms with Crippen molar-refractivity contribution in [3.63, 3.8) is 0 Å². The van der Waals surface area contributed by atoms with Crippen LogP contribution < -0.4 is 4.74 Å². The molecule has 3 aliphatic heterocycles. The Labute approximate surface area is 145 Å². The van der Waals surface area contributed by atoms with Gasteiger partial charge >= 0.3 is 0 Å². The average Bonchev–Trinajstić information content (AvgIpc) is 2.82. The number of fused-ring (bicyclic) bond motifs is 2. The first-order valence-electron chi connectivity index (χ1n) is 9.31. The summed E-state index contributed by atoms with van der Waals surface area (Å²) in [7, 11) is 2.20. The Morgan fingerprint density at radius 2 is 1.96 bits per heavy atom. The van der Waals surface area contributed by atoms with Gasteiger partial charge in [-0.3, -0.25) is 4.90 Å². The van der Waals surface area contributed by atoms with Gasteiger partial charge in [-0.2, -0.15) is 0 Å². The number of rotatable bonds is 6. The standard InChI is InChI=1S/C20H30N2O2/c1-19(15-23-16-19)13-21(2)12-17-4-6-18(7-5-17)24-20-8-3-10-22(14-20)11-9-20/h4-7H,3,8-16H2,1-2H3/t20-/m0/s1. The Hall–Kier alpha value is -1.10. The van der Waals surface area contributed by atoms with Crippen molar-refractivity contribution in [1.82, 2.24) is 9.80 Å². The summed E-state index contributed by atoms with van der Waals surface area (Å²) in [5, 5.41) is 0. The summed E-state index contributed by atoms with van der Waals surface area (Å²) < 4.78 is 11.8. The van der Waals surface area contributed by atoms with E-state index in [-0.39, 0.29) is 5.60 Å². The molecular formula is C20H30N2O2. The van der Waals surface area contributed by atoms with Gasteiger partial charge in [0.25, 0.3) is 0 Å². The Kier molecular flexibility index (Phi) is 4.31. The number of hydrogen-bond donors (Lipinski definition) is 0. The molecule has 2 bridgehead atoms. The molecule has 0 aromatic heterocycles. The molecule has 24 heavy (non-hydrogen) atoms. The number of piperidine rings is 1. The second kappa shape index (κ2) is 6.32. The second-order valence-electron chi connectivity index (χ2n) is 8.53. The monoisotopic (exact) mass is 330 g/mol. The Bertz CT molecular complexity index is 566. The summed E-state index contributed by atoms with van der Waals surface area (Å²) in [6.07, 6.45) is 3.65. The zero-order valence-electron chi connectivity index (χ0n) is 15.1. The van der Waals surface area contributed by atoms with Crippen molar-refractivity contribution < 1.29 is 9.47 Å². The first-order valence-corrected chi connectivity index (χ1v) is 9.31. The smallest absolute Gasteiger partial charge is 0.123 e. The molecule has 1 aromatic carbocycles. The molecule has 4 heteroatoms. The summed E-state index contributed by atoms with van der Waals surface area (Å²) in [4.78, 5) is 4.94. The highest BCUT2D eigenvalue weighted by atomic mass is 16.5. The largest absolute Gasteiger partial charge is 0.486 e. The average molecular weight is 330 g/mol. The van der Waals surface area contributed by atoms with Crippen molar-refractivity contribution in [2.45, 2.75) is 38.3 Å². The van der Waals surface area contributed by atoms with Gasteiger partial charge in [-0.15, -0.1) is 0 Å². The predicted octanol–water partition coefficient (Wildman–Crippen LogP) is 2.77. The number of benzene rings is 1. The Balaban J connectivity index is 1.33. The molecule has 4 nitrogen and oxygen atoms in total. The molecule has 0 N–H and O–H groups in total. The molecule has 4 rings (SSSR count). The lowest BCUT2D eigenvalue weighted by molar-refractivity contribution is -0.113. The van der Waals surface area contributed by atoms with Crippen LogP contribution in [0.3, 0.4) is 0 Å². The van der Waals surface area contributed by atoms with Gasteiger partial charge < -0.3 is 14.4 Å². The van der Waals surface area contributed by atoms with Crippen molar-refractivity contribution in [1.29, 1.82) is 0 Å².